The molecule has 0 radical (unpaired) electrons. The third kappa shape index (κ3) is 5.37. The van der Waals surface area contributed by atoms with Crippen LogP contribution in [-0.4, -0.2) is 43.4 Å². The summed E-state index contributed by atoms with van der Waals surface area (Å²) in [5.41, 5.74) is 2.43. The molecule has 31 heavy (non-hydrogen) atoms. The minimum absolute atomic E-state index is 0.0263. The summed E-state index contributed by atoms with van der Waals surface area (Å²) in [6, 6.07) is 8.06. The number of H-pyrrole nitrogens is 1. The SMILES string of the molecule is CCC[C@H](c1nnnn1C(C)(C)C)[NH+](CCCO)Cc1cc2cc(C)ccc2[nH]c1=O. The van der Waals surface area contributed by atoms with Crippen LogP contribution in [0.25, 0.3) is 10.9 Å². The second-order valence-electron chi connectivity index (χ2n) is 9.34. The van der Waals surface area contributed by atoms with Gasteiger partial charge in [-0.15, -0.1) is 5.10 Å². The Kier molecular flexibility index (Phi) is 7.23. The van der Waals surface area contributed by atoms with Crippen molar-refractivity contribution in [1.29, 1.82) is 0 Å². The van der Waals surface area contributed by atoms with Crippen molar-refractivity contribution < 1.29 is 10.0 Å². The lowest BCUT2D eigenvalue weighted by atomic mass is 10.0. The summed E-state index contributed by atoms with van der Waals surface area (Å²) in [7, 11) is 0. The van der Waals surface area contributed by atoms with Gasteiger partial charge >= 0.3 is 0 Å². The fourth-order valence-corrected chi connectivity index (χ4v) is 4.13. The van der Waals surface area contributed by atoms with Crippen molar-refractivity contribution in [3.05, 3.63) is 51.6 Å². The van der Waals surface area contributed by atoms with E-state index in [0.29, 0.717) is 13.0 Å². The first kappa shape index (κ1) is 23.1. The van der Waals surface area contributed by atoms with Crippen molar-refractivity contribution in [2.45, 2.75) is 72.0 Å². The maximum Gasteiger partial charge on any atom is 0.257 e. The Balaban J connectivity index is 2.02. The minimum atomic E-state index is -0.245. The molecule has 8 nitrogen and oxygen atoms in total. The monoisotopic (exact) mass is 427 g/mol. The van der Waals surface area contributed by atoms with Crippen molar-refractivity contribution in [2.24, 2.45) is 0 Å². The number of aromatic amines is 1. The Bertz CT molecular complexity index is 1070. The number of tetrazole rings is 1. The van der Waals surface area contributed by atoms with E-state index in [1.54, 1.807) is 0 Å². The number of aromatic nitrogens is 5. The highest BCUT2D eigenvalue weighted by Gasteiger charge is 2.32. The van der Waals surface area contributed by atoms with Gasteiger partial charge in [0.25, 0.3) is 5.56 Å². The average Bonchev–Trinajstić information content (AvgIpc) is 3.20. The van der Waals surface area contributed by atoms with Gasteiger partial charge < -0.3 is 15.0 Å². The molecular formula is C23H35N6O2+. The van der Waals surface area contributed by atoms with E-state index in [0.717, 1.165) is 47.2 Å². The van der Waals surface area contributed by atoms with Crippen LogP contribution in [0, 0.1) is 6.92 Å². The van der Waals surface area contributed by atoms with Gasteiger partial charge in [0.1, 0.15) is 12.6 Å². The Morgan fingerprint density at radius 3 is 2.71 bits per heavy atom. The summed E-state index contributed by atoms with van der Waals surface area (Å²) in [4.78, 5) is 17.1. The third-order valence-electron chi connectivity index (χ3n) is 5.66. The van der Waals surface area contributed by atoms with Crippen LogP contribution in [0.1, 0.15) is 70.0 Å². The van der Waals surface area contributed by atoms with Crippen LogP contribution in [0.2, 0.25) is 0 Å². The lowest BCUT2D eigenvalue weighted by Crippen LogP contribution is -3.11. The zero-order valence-corrected chi connectivity index (χ0v) is 19.3. The van der Waals surface area contributed by atoms with Gasteiger partial charge in [0, 0.05) is 25.0 Å². The van der Waals surface area contributed by atoms with Gasteiger partial charge in [-0.25, -0.2) is 4.68 Å². The Morgan fingerprint density at radius 2 is 2.03 bits per heavy atom. The number of aliphatic hydroxyl groups excluding tert-OH is 1. The van der Waals surface area contributed by atoms with Gasteiger partial charge in [-0.1, -0.05) is 25.0 Å². The first-order valence-electron chi connectivity index (χ1n) is 11.1. The summed E-state index contributed by atoms with van der Waals surface area (Å²) in [6.07, 6.45) is 2.51. The maximum atomic E-state index is 12.9. The van der Waals surface area contributed by atoms with Crippen molar-refractivity contribution in [3.8, 4) is 0 Å². The fraction of sp³-hybridized carbons (Fsp3) is 0.565. The van der Waals surface area contributed by atoms with Crippen LogP contribution in [0.3, 0.4) is 0 Å². The maximum absolute atomic E-state index is 12.9. The van der Waals surface area contributed by atoms with Crippen LogP contribution in [0.15, 0.2) is 29.1 Å². The van der Waals surface area contributed by atoms with E-state index < -0.39 is 0 Å². The number of aliphatic hydroxyl groups is 1. The molecule has 0 saturated heterocycles. The smallest absolute Gasteiger partial charge is 0.257 e. The van der Waals surface area contributed by atoms with E-state index in [-0.39, 0.29) is 23.7 Å². The molecule has 3 N–H and O–H groups in total. The van der Waals surface area contributed by atoms with Crippen LogP contribution in [0.5, 0.6) is 0 Å². The highest BCUT2D eigenvalue weighted by atomic mass is 16.3. The fourth-order valence-electron chi connectivity index (χ4n) is 4.13. The number of hydrogen-bond donors (Lipinski definition) is 3. The Labute approximate surface area is 183 Å². The molecule has 0 aliphatic rings. The van der Waals surface area contributed by atoms with Crippen LogP contribution in [0.4, 0.5) is 0 Å². The van der Waals surface area contributed by atoms with Crippen LogP contribution in [-0.2, 0) is 12.1 Å². The van der Waals surface area contributed by atoms with Crippen molar-refractivity contribution in [2.75, 3.05) is 13.2 Å². The zero-order valence-electron chi connectivity index (χ0n) is 19.3. The zero-order chi connectivity index (χ0) is 22.6. The lowest BCUT2D eigenvalue weighted by molar-refractivity contribution is -0.946. The number of hydrogen-bond acceptors (Lipinski definition) is 5. The number of quaternary nitrogens is 1. The van der Waals surface area contributed by atoms with Crippen molar-refractivity contribution in [3.63, 3.8) is 0 Å². The third-order valence-corrected chi connectivity index (χ3v) is 5.66. The van der Waals surface area contributed by atoms with Gasteiger partial charge in [0.05, 0.1) is 17.6 Å². The number of nitrogens with zero attached hydrogens (tertiary/aromatic N) is 4. The quantitative estimate of drug-likeness (QED) is 0.484. The van der Waals surface area contributed by atoms with Gasteiger partial charge in [-0.3, -0.25) is 4.79 Å². The van der Waals surface area contributed by atoms with E-state index in [2.05, 4.69) is 54.3 Å². The first-order valence-corrected chi connectivity index (χ1v) is 11.1. The van der Waals surface area contributed by atoms with E-state index >= 15 is 0 Å². The number of rotatable bonds is 9. The molecule has 1 aromatic carbocycles. The van der Waals surface area contributed by atoms with E-state index in [9.17, 15) is 9.90 Å². The summed E-state index contributed by atoms with van der Waals surface area (Å²) < 4.78 is 1.89. The van der Waals surface area contributed by atoms with Crippen molar-refractivity contribution >= 4 is 10.9 Å². The molecule has 0 amide bonds. The average molecular weight is 428 g/mol. The van der Waals surface area contributed by atoms with E-state index in [4.69, 9.17) is 0 Å². The molecule has 2 heterocycles. The Morgan fingerprint density at radius 1 is 1.26 bits per heavy atom. The predicted octanol–water partition coefficient (Wildman–Crippen LogP) is 1.89. The van der Waals surface area contributed by atoms with E-state index in [1.807, 2.05) is 29.8 Å². The molecule has 168 valence electrons. The van der Waals surface area contributed by atoms with Gasteiger partial charge in [-0.05, 0) is 61.7 Å². The second kappa shape index (κ2) is 9.70. The molecule has 0 aliphatic heterocycles. The second-order valence-corrected chi connectivity index (χ2v) is 9.34. The normalized spacial score (nSPS) is 14.1. The molecular weight excluding hydrogens is 392 g/mol. The van der Waals surface area contributed by atoms with Crippen LogP contribution >= 0.6 is 0 Å². The summed E-state index contributed by atoms with van der Waals surface area (Å²) >= 11 is 0. The Hall–Kier alpha value is -2.58. The molecule has 0 bridgehead atoms. The van der Waals surface area contributed by atoms with Gasteiger partial charge in [0.2, 0.25) is 5.82 Å². The number of fused-ring (bicyclic) bond motifs is 1. The molecule has 3 rings (SSSR count). The molecule has 0 fully saturated rings. The topological polar surface area (TPSA) is 101 Å². The van der Waals surface area contributed by atoms with Gasteiger partial charge in [0.15, 0.2) is 0 Å². The number of nitrogens with one attached hydrogen (secondary N) is 2. The molecule has 8 heteroatoms. The summed E-state index contributed by atoms with van der Waals surface area (Å²) in [5, 5.41) is 23.1. The number of benzene rings is 1. The molecule has 0 saturated carbocycles. The molecule has 2 aromatic heterocycles. The van der Waals surface area contributed by atoms with Crippen molar-refractivity contribution in [1.82, 2.24) is 25.2 Å². The number of aryl methyl sites for hydroxylation is 1. The number of pyridine rings is 1. The highest BCUT2D eigenvalue weighted by Crippen LogP contribution is 2.20. The lowest BCUT2D eigenvalue weighted by Gasteiger charge is -2.30. The molecule has 2 atom stereocenters. The summed E-state index contributed by atoms with van der Waals surface area (Å²) in [5.74, 6) is 0.829. The molecule has 1 unspecified atom stereocenters. The van der Waals surface area contributed by atoms with E-state index in [1.165, 1.54) is 4.90 Å². The first-order chi connectivity index (χ1) is 14.7. The minimum Gasteiger partial charge on any atom is -0.396 e. The largest absolute Gasteiger partial charge is 0.396 e. The molecule has 3 aromatic rings. The predicted molar refractivity (Wildman–Crippen MR) is 121 cm³/mol. The van der Waals surface area contributed by atoms with Crippen LogP contribution < -0.4 is 10.5 Å². The highest BCUT2D eigenvalue weighted by molar-refractivity contribution is 5.79. The summed E-state index contributed by atoms with van der Waals surface area (Å²) in [6.45, 7) is 11.8. The molecule has 0 aliphatic carbocycles. The standard InChI is InChI=1S/C23H34N6O2/c1-6-8-20(21-25-26-27-29(21)23(3,4)5)28(11-7-12-30)15-18-14-17-13-16(2)9-10-19(17)24-22(18)31/h9-10,13-14,20,30H,6-8,11-12,15H2,1-5H3,(H,24,31)/p+1/t20-/m1/s1. The molecule has 0 spiro atoms. The van der Waals surface area contributed by atoms with Gasteiger partial charge in [-0.2, -0.15) is 0 Å².